The Hall–Kier alpha value is -3.02. The average molecular weight is 351 g/mol. The molecule has 26 heavy (non-hydrogen) atoms. The summed E-state index contributed by atoms with van der Waals surface area (Å²) in [5.74, 6) is 0.479. The first kappa shape index (κ1) is 16.4. The van der Waals surface area contributed by atoms with Crippen molar-refractivity contribution < 1.29 is 13.7 Å². The number of anilines is 1. The Labute approximate surface area is 150 Å². The molecule has 1 aliphatic heterocycles. The number of carbonyl (C=O) groups excluding carboxylic acids is 1. The van der Waals surface area contributed by atoms with E-state index in [1.807, 2.05) is 31.2 Å². The molecule has 1 saturated heterocycles. The monoisotopic (exact) mass is 351 g/mol. The van der Waals surface area contributed by atoms with Gasteiger partial charge in [-0.25, -0.2) is 4.39 Å². The van der Waals surface area contributed by atoms with Crippen LogP contribution in [0.2, 0.25) is 0 Å². The van der Waals surface area contributed by atoms with Gasteiger partial charge in [-0.05, 0) is 43.2 Å². The number of rotatable bonds is 3. The molecule has 1 unspecified atom stereocenters. The maximum absolute atomic E-state index is 13.3. The maximum atomic E-state index is 13.3. The molecule has 0 radical (unpaired) electrons. The zero-order valence-corrected chi connectivity index (χ0v) is 14.6. The second-order valence-corrected chi connectivity index (χ2v) is 6.61. The van der Waals surface area contributed by atoms with Crippen molar-refractivity contribution in [3.63, 3.8) is 0 Å². The Balaban J connectivity index is 1.59. The van der Waals surface area contributed by atoms with Gasteiger partial charge in [0.15, 0.2) is 0 Å². The van der Waals surface area contributed by atoms with Crippen molar-refractivity contribution in [2.45, 2.75) is 26.2 Å². The van der Waals surface area contributed by atoms with Crippen molar-refractivity contribution in [1.29, 1.82) is 0 Å². The molecular formula is C20H18FN3O2. The van der Waals surface area contributed by atoms with Crippen molar-refractivity contribution in [3.05, 3.63) is 65.3 Å². The van der Waals surface area contributed by atoms with Crippen molar-refractivity contribution in [1.82, 2.24) is 10.1 Å². The van der Waals surface area contributed by atoms with Crippen molar-refractivity contribution in [2.24, 2.45) is 0 Å². The highest BCUT2D eigenvalue weighted by Gasteiger charge is 2.35. The number of amides is 1. The fraction of sp³-hybridized carbons (Fsp3) is 0.250. The molecule has 4 rings (SSSR count). The van der Waals surface area contributed by atoms with Crippen LogP contribution in [0.25, 0.3) is 11.4 Å². The number of nitrogens with zero attached hydrogens (tertiary/aromatic N) is 3. The number of hydrogen-bond donors (Lipinski definition) is 0. The number of hydrogen-bond acceptors (Lipinski definition) is 4. The minimum absolute atomic E-state index is 0.0275. The molecule has 0 bridgehead atoms. The molecule has 1 aliphatic rings. The smallest absolute Gasteiger partial charge is 0.232 e. The normalized spacial score (nSPS) is 17.1. The van der Waals surface area contributed by atoms with Crippen LogP contribution in [0.15, 0.2) is 47.0 Å². The SMILES string of the molecule is Cc1ccccc1-c1noc(C2CC(=O)N(c3ccc(F)cc3C)C2)n1. The Kier molecular flexibility index (Phi) is 4.03. The molecule has 2 aromatic carbocycles. The van der Waals surface area contributed by atoms with Crippen LogP contribution in [-0.4, -0.2) is 22.6 Å². The van der Waals surface area contributed by atoms with Gasteiger partial charge in [0.05, 0.1) is 5.92 Å². The summed E-state index contributed by atoms with van der Waals surface area (Å²) in [6.45, 7) is 4.23. The lowest BCUT2D eigenvalue weighted by atomic mass is 10.1. The zero-order chi connectivity index (χ0) is 18.3. The minimum atomic E-state index is -0.311. The highest BCUT2D eigenvalue weighted by atomic mass is 19.1. The minimum Gasteiger partial charge on any atom is -0.339 e. The van der Waals surface area contributed by atoms with Crippen LogP contribution in [-0.2, 0) is 4.79 Å². The maximum Gasteiger partial charge on any atom is 0.232 e. The lowest BCUT2D eigenvalue weighted by Gasteiger charge is -2.18. The van der Waals surface area contributed by atoms with Crippen LogP contribution in [0.1, 0.15) is 29.4 Å². The number of benzene rings is 2. The molecule has 6 heteroatoms. The van der Waals surface area contributed by atoms with E-state index in [9.17, 15) is 9.18 Å². The predicted molar refractivity (Wildman–Crippen MR) is 95.3 cm³/mol. The van der Waals surface area contributed by atoms with Crippen LogP contribution < -0.4 is 4.90 Å². The summed E-state index contributed by atoms with van der Waals surface area (Å²) in [5, 5.41) is 4.08. The largest absolute Gasteiger partial charge is 0.339 e. The Bertz CT molecular complexity index is 983. The summed E-state index contributed by atoms with van der Waals surface area (Å²) in [5.41, 5.74) is 3.42. The van der Waals surface area contributed by atoms with E-state index in [4.69, 9.17) is 4.52 Å². The van der Waals surface area contributed by atoms with Crippen LogP contribution in [0.3, 0.4) is 0 Å². The van der Waals surface area contributed by atoms with E-state index in [0.29, 0.717) is 24.7 Å². The second-order valence-electron chi connectivity index (χ2n) is 6.61. The van der Waals surface area contributed by atoms with Gasteiger partial charge in [0.2, 0.25) is 17.6 Å². The third kappa shape index (κ3) is 2.87. The molecule has 3 aromatic rings. The van der Waals surface area contributed by atoms with Gasteiger partial charge in [-0.15, -0.1) is 0 Å². The first-order valence-corrected chi connectivity index (χ1v) is 8.49. The van der Waals surface area contributed by atoms with E-state index in [0.717, 1.165) is 22.4 Å². The van der Waals surface area contributed by atoms with E-state index in [-0.39, 0.29) is 17.6 Å². The first-order valence-electron chi connectivity index (χ1n) is 8.49. The number of carbonyl (C=O) groups is 1. The van der Waals surface area contributed by atoms with E-state index >= 15 is 0 Å². The summed E-state index contributed by atoms with van der Waals surface area (Å²) >= 11 is 0. The number of halogens is 1. The quantitative estimate of drug-likeness (QED) is 0.715. The van der Waals surface area contributed by atoms with Crippen LogP contribution >= 0.6 is 0 Å². The zero-order valence-electron chi connectivity index (χ0n) is 14.6. The topological polar surface area (TPSA) is 59.2 Å². The summed E-state index contributed by atoms with van der Waals surface area (Å²) in [4.78, 5) is 18.6. The van der Waals surface area contributed by atoms with Gasteiger partial charge in [0, 0.05) is 24.2 Å². The molecule has 0 aliphatic carbocycles. The fourth-order valence-electron chi connectivity index (χ4n) is 3.36. The van der Waals surface area contributed by atoms with E-state index in [1.165, 1.54) is 12.1 Å². The Morgan fingerprint density at radius 3 is 2.73 bits per heavy atom. The molecule has 0 N–H and O–H groups in total. The van der Waals surface area contributed by atoms with Crippen LogP contribution in [0.4, 0.5) is 10.1 Å². The third-order valence-electron chi connectivity index (χ3n) is 4.75. The lowest BCUT2D eigenvalue weighted by Crippen LogP contribution is -2.25. The molecule has 132 valence electrons. The summed E-state index contributed by atoms with van der Waals surface area (Å²) in [7, 11) is 0. The van der Waals surface area contributed by atoms with Gasteiger partial charge in [-0.1, -0.05) is 29.4 Å². The molecule has 0 spiro atoms. The van der Waals surface area contributed by atoms with E-state index in [1.54, 1.807) is 17.9 Å². The van der Waals surface area contributed by atoms with Crippen LogP contribution in [0.5, 0.6) is 0 Å². The van der Waals surface area contributed by atoms with Crippen molar-refractivity contribution >= 4 is 11.6 Å². The summed E-state index contributed by atoms with van der Waals surface area (Å²) in [6.07, 6.45) is 0.298. The van der Waals surface area contributed by atoms with Gasteiger partial charge in [0.1, 0.15) is 5.82 Å². The van der Waals surface area contributed by atoms with Gasteiger partial charge in [-0.2, -0.15) is 4.98 Å². The highest BCUT2D eigenvalue weighted by Crippen LogP contribution is 2.33. The van der Waals surface area contributed by atoms with Crippen molar-refractivity contribution in [2.75, 3.05) is 11.4 Å². The standard InChI is InChI=1S/C20H18FN3O2/c1-12-5-3-4-6-16(12)19-22-20(26-23-19)14-10-18(25)24(11-14)17-8-7-15(21)9-13(17)2/h3-9,14H,10-11H2,1-2H3. The molecule has 2 heterocycles. The molecule has 0 saturated carbocycles. The van der Waals surface area contributed by atoms with Gasteiger partial charge >= 0.3 is 0 Å². The molecule has 1 amide bonds. The molecule has 5 nitrogen and oxygen atoms in total. The average Bonchev–Trinajstić information content (AvgIpc) is 3.22. The Morgan fingerprint density at radius 2 is 1.96 bits per heavy atom. The third-order valence-corrected chi connectivity index (χ3v) is 4.75. The number of aromatic nitrogens is 2. The molecule has 1 atom stereocenters. The van der Waals surface area contributed by atoms with E-state index in [2.05, 4.69) is 10.1 Å². The number of aryl methyl sites for hydroxylation is 2. The molecule has 1 fully saturated rings. The molecule has 1 aromatic heterocycles. The van der Waals surface area contributed by atoms with Gasteiger partial charge in [-0.3, -0.25) is 4.79 Å². The predicted octanol–water partition coefficient (Wildman–Crippen LogP) is 4.01. The van der Waals surface area contributed by atoms with Gasteiger partial charge in [0.25, 0.3) is 0 Å². The first-order chi connectivity index (χ1) is 12.5. The van der Waals surface area contributed by atoms with Crippen molar-refractivity contribution in [3.8, 4) is 11.4 Å². The molecular weight excluding hydrogens is 333 g/mol. The summed E-state index contributed by atoms with van der Waals surface area (Å²) < 4.78 is 18.8. The van der Waals surface area contributed by atoms with Crippen LogP contribution in [0, 0.1) is 19.7 Å². The Morgan fingerprint density at radius 1 is 1.15 bits per heavy atom. The fourth-order valence-corrected chi connectivity index (χ4v) is 3.36. The lowest BCUT2D eigenvalue weighted by molar-refractivity contribution is -0.117. The van der Waals surface area contributed by atoms with Gasteiger partial charge < -0.3 is 9.42 Å². The van der Waals surface area contributed by atoms with E-state index < -0.39 is 0 Å². The summed E-state index contributed by atoms with van der Waals surface area (Å²) in [6, 6.07) is 12.2. The highest BCUT2D eigenvalue weighted by molar-refractivity contribution is 5.97. The second kappa shape index (κ2) is 6.37.